The van der Waals surface area contributed by atoms with Crippen molar-refractivity contribution < 1.29 is 9.21 Å². The second-order valence-electron chi connectivity index (χ2n) is 5.33. The van der Waals surface area contributed by atoms with Gasteiger partial charge >= 0.3 is 0 Å². The molecule has 3 rings (SSSR count). The van der Waals surface area contributed by atoms with Gasteiger partial charge in [-0.05, 0) is 30.7 Å². The van der Waals surface area contributed by atoms with Crippen molar-refractivity contribution in [1.82, 2.24) is 20.3 Å². The molecular weight excluding hydrogens is 320 g/mol. The van der Waals surface area contributed by atoms with Gasteiger partial charge in [-0.2, -0.15) is 0 Å². The predicted octanol–water partition coefficient (Wildman–Crippen LogP) is 2.36. The number of anilines is 3. The number of amides is 1. The average molecular weight is 338 g/mol. The zero-order valence-electron chi connectivity index (χ0n) is 13.7. The van der Waals surface area contributed by atoms with Gasteiger partial charge in [0.15, 0.2) is 0 Å². The summed E-state index contributed by atoms with van der Waals surface area (Å²) in [5.74, 6) is 1.84. The van der Waals surface area contributed by atoms with Gasteiger partial charge in [-0.25, -0.2) is 15.0 Å². The van der Waals surface area contributed by atoms with E-state index in [2.05, 4.69) is 30.9 Å². The highest BCUT2D eigenvalue weighted by molar-refractivity contribution is 5.93. The summed E-state index contributed by atoms with van der Waals surface area (Å²) in [5.41, 5.74) is 1.61. The van der Waals surface area contributed by atoms with E-state index < -0.39 is 0 Å². The first-order valence-corrected chi connectivity index (χ1v) is 7.77. The van der Waals surface area contributed by atoms with Gasteiger partial charge in [-0.1, -0.05) is 0 Å². The van der Waals surface area contributed by atoms with Crippen molar-refractivity contribution >= 4 is 23.4 Å². The molecule has 3 aromatic heterocycles. The maximum absolute atomic E-state index is 11.8. The SMILES string of the molecule is Cc1ccnc(Nc2cc(NCCNC(=O)c3ccoc3)ncn2)c1. The van der Waals surface area contributed by atoms with E-state index in [1.807, 2.05) is 19.1 Å². The normalized spacial score (nSPS) is 10.3. The van der Waals surface area contributed by atoms with Crippen LogP contribution in [0.5, 0.6) is 0 Å². The van der Waals surface area contributed by atoms with E-state index >= 15 is 0 Å². The molecule has 1 amide bonds. The van der Waals surface area contributed by atoms with Crippen LogP contribution in [0, 0.1) is 6.92 Å². The summed E-state index contributed by atoms with van der Waals surface area (Å²) in [6.07, 6.45) is 6.07. The number of carbonyl (C=O) groups excluding carboxylic acids is 1. The zero-order chi connectivity index (χ0) is 17.5. The van der Waals surface area contributed by atoms with Crippen LogP contribution in [0.1, 0.15) is 15.9 Å². The standard InChI is InChI=1S/C17H18N6O2/c1-12-2-4-18-15(8-12)23-16-9-14(21-11-22-16)19-5-6-20-17(24)13-3-7-25-10-13/h2-4,7-11H,5-6H2,1H3,(H,20,24)(H2,18,19,21,22,23). The van der Waals surface area contributed by atoms with E-state index in [1.165, 1.54) is 18.9 Å². The number of aromatic nitrogens is 3. The van der Waals surface area contributed by atoms with E-state index in [0.29, 0.717) is 30.3 Å². The third-order valence-electron chi connectivity index (χ3n) is 3.34. The molecule has 0 aliphatic carbocycles. The lowest BCUT2D eigenvalue weighted by Crippen LogP contribution is -2.28. The minimum absolute atomic E-state index is 0.175. The minimum Gasteiger partial charge on any atom is -0.472 e. The van der Waals surface area contributed by atoms with Crippen LogP contribution in [0.3, 0.4) is 0 Å². The fraction of sp³-hybridized carbons (Fsp3) is 0.176. The molecule has 0 unspecified atom stereocenters. The van der Waals surface area contributed by atoms with Crippen molar-refractivity contribution in [1.29, 1.82) is 0 Å². The molecule has 0 bridgehead atoms. The van der Waals surface area contributed by atoms with Gasteiger partial charge in [-0.3, -0.25) is 4.79 Å². The van der Waals surface area contributed by atoms with Crippen LogP contribution in [0.4, 0.5) is 17.5 Å². The molecule has 0 saturated heterocycles. The Bertz CT molecular complexity index is 835. The summed E-state index contributed by atoms with van der Waals surface area (Å²) in [5, 5.41) is 9.05. The number of nitrogens with one attached hydrogen (secondary N) is 3. The number of rotatable bonds is 7. The van der Waals surface area contributed by atoms with Gasteiger partial charge < -0.3 is 20.4 Å². The second kappa shape index (κ2) is 7.91. The summed E-state index contributed by atoms with van der Waals surface area (Å²) in [6, 6.07) is 7.25. The Labute approximate surface area is 144 Å². The molecule has 0 atom stereocenters. The Balaban J connectivity index is 1.49. The number of furan rings is 1. The smallest absolute Gasteiger partial charge is 0.254 e. The Morgan fingerprint density at radius 1 is 1.08 bits per heavy atom. The van der Waals surface area contributed by atoms with Gasteiger partial charge in [0.05, 0.1) is 11.8 Å². The average Bonchev–Trinajstić information content (AvgIpc) is 3.14. The van der Waals surface area contributed by atoms with Crippen LogP contribution in [0.15, 0.2) is 53.7 Å². The first kappa shape index (κ1) is 16.4. The molecule has 0 aliphatic rings. The van der Waals surface area contributed by atoms with Crippen molar-refractivity contribution in [2.45, 2.75) is 6.92 Å². The van der Waals surface area contributed by atoms with Gasteiger partial charge in [0.1, 0.15) is 30.0 Å². The van der Waals surface area contributed by atoms with Crippen LogP contribution in [-0.4, -0.2) is 33.9 Å². The first-order valence-electron chi connectivity index (χ1n) is 7.77. The van der Waals surface area contributed by atoms with Gasteiger partial charge in [0, 0.05) is 25.4 Å². The van der Waals surface area contributed by atoms with E-state index in [9.17, 15) is 4.79 Å². The van der Waals surface area contributed by atoms with Gasteiger partial charge in [-0.15, -0.1) is 0 Å². The highest BCUT2D eigenvalue weighted by atomic mass is 16.3. The molecule has 0 fully saturated rings. The molecule has 8 nitrogen and oxygen atoms in total. The van der Waals surface area contributed by atoms with Crippen molar-refractivity contribution in [2.24, 2.45) is 0 Å². The first-order chi connectivity index (χ1) is 12.2. The van der Waals surface area contributed by atoms with Crippen molar-refractivity contribution in [3.8, 4) is 0 Å². The van der Waals surface area contributed by atoms with Gasteiger partial charge in [0.2, 0.25) is 0 Å². The van der Waals surface area contributed by atoms with Crippen LogP contribution in [0.25, 0.3) is 0 Å². The number of carbonyl (C=O) groups is 1. The lowest BCUT2D eigenvalue weighted by Gasteiger charge is -2.09. The monoisotopic (exact) mass is 338 g/mol. The number of aryl methyl sites for hydroxylation is 1. The molecule has 0 spiro atoms. The van der Waals surface area contributed by atoms with E-state index in [0.717, 1.165) is 11.4 Å². The molecule has 3 aromatic rings. The number of hydrogen-bond donors (Lipinski definition) is 3. The van der Waals surface area contributed by atoms with E-state index in [1.54, 1.807) is 18.3 Å². The van der Waals surface area contributed by atoms with E-state index in [4.69, 9.17) is 4.42 Å². The summed E-state index contributed by atoms with van der Waals surface area (Å²) in [7, 11) is 0. The molecule has 128 valence electrons. The van der Waals surface area contributed by atoms with Crippen LogP contribution in [0.2, 0.25) is 0 Å². The summed E-state index contributed by atoms with van der Waals surface area (Å²) < 4.78 is 4.88. The summed E-state index contributed by atoms with van der Waals surface area (Å²) >= 11 is 0. The minimum atomic E-state index is -0.175. The zero-order valence-corrected chi connectivity index (χ0v) is 13.7. The molecule has 0 radical (unpaired) electrons. The Hall–Kier alpha value is -3.42. The third kappa shape index (κ3) is 4.77. The largest absolute Gasteiger partial charge is 0.472 e. The molecule has 25 heavy (non-hydrogen) atoms. The number of pyridine rings is 1. The van der Waals surface area contributed by atoms with E-state index in [-0.39, 0.29) is 5.91 Å². The molecule has 0 aromatic carbocycles. The molecule has 8 heteroatoms. The van der Waals surface area contributed by atoms with Crippen LogP contribution >= 0.6 is 0 Å². The quantitative estimate of drug-likeness (QED) is 0.568. The lowest BCUT2D eigenvalue weighted by molar-refractivity contribution is 0.0954. The Morgan fingerprint density at radius 3 is 2.72 bits per heavy atom. The van der Waals surface area contributed by atoms with Crippen molar-refractivity contribution in [3.63, 3.8) is 0 Å². The Morgan fingerprint density at radius 2 is 1.92 bits per heavy atom. The van der Waals surface area contributed by atoms with Gasteiger partial charge in [0.25, 0.3) is 5.91 Å². The van der Waals surface area contributed by atoms with Crippen LogP contribution in [-0.2, 0) is 0 Å². The maximum Gasteiger partial charge on any atom is 0.254 e. The molecular formula is C17H18N6O2. The number of hydrogen-bond acceptors (Lipinski definition) is 7. The third-order valence-corrected chi connectivity index (χ3v) is 3.34. The number of nitrogens with zero attached hydrogens (tertiary/aromatic N) is 3. The highest BCUT2D eigenvalue weighted by Gasteiger charge is 2.05. The fourth-order valence-corrected chi connectivity index (χ4v) is 2.12. The maximum atomic E-state index is 11.8. The lowest BCUT2D eigenvalue weighted by atomic mass is 10.3. The second-order valence-corrected chi connectivity index (χ2v) is 5.33. The summed E-state index contributed by atoms with van der Waals surface area (Å²) in [6.45, 7) is 2.98. The van der Waals surface area contributed by atoms with Crippen molar-refractivity contribution in [2.75, 3.05) is 23.7 Å². The summed E-state index contributed by atoms with van der Waals surface area (Å²) in [4.78, 5) is 24.3. The molecule has 3 heterocycles. The highest BCUT2D eigenvalue weighted by Crippen LogP contribution is 2.14. The molecule has 0 saturated carbocycles. The predicted molar refractivity (Wildman–Crippen MR) is 93.8 cm³/mol. The van der Waals surface area contributed by atoms with Crippen LogP contribution < -0.4 is 16.0 Å². The molecule has 3 N–H and O–H groups in total. The fourth-order valence-electron chi connectivity index (χ4n) is 2.12. The topological polar surface area (TPSA) is 105 Å². The molecule has 0 aliphatic heterocycles. The van der Waals surface area contributed by atoms with Crippen molar-refractivity contribution in [3.05, 3.63) is 60.4 Å². The Kier molecular flexibility index (Phi) is 5.20.